The normalized spacial score (nSPS) is 12.8. The summed E-state index contributed by atoms with van der Waals surface area (Å²) in [7, 11) is -3.24. The maximum Gasteiger partial charge on any atom is 0.273 e. The Morgan fingerprint density at radius 1 is 1.33 bits per heavy atom. The van der Waals surface area contributed by atoms with Gasteiger partial charge in [-0.15, -0.1) is 5.10 Å². The zero-order valence-electron chi connectivity index (χ0n) is 13.6. The second-order valence-corrected chi connectivity index (χ2v) is 7.45. The highest BCUT2D eigenvalue weighted by atomic mass is 32.2. The number of nitrogens with zero attached hydrogens (tertiary/aromatic N) is 3. The fourth-order valence-corrected chi connectivity index (χ4v) is 2.88. The molecule has 0 saturated carbocycles. The summed E-state index contributed by atoms with van der Waals surface area (Å²) >= 11 is 0. The van der Waals surface area contributed by atoms with E-state index in [0.29, 0.717) is 19.5 Å². The van der Waals surface area contributed by atoms with Crippen LogP contribution in [0.4, 0.5) is 0 Å². The van der Waals surface area contributed by atoms with Crippen molar-refractivity contribution in [1.29, 1.82) is 0 Å². The summed E-state index contributed by atoms with van der Waals surface area (Å²) in [5, 5.41) is 10.5. The molecule has 0 aliphatic heterocycles. The van der Waals surface area contributed by atoms with Gasteiger partial charge in [0, 0.05) is 12.8 Å². The van der Waals surface area contributed by atoms with Crippen LogP contribution in [0.25, 0.3) is 0 Å². The molecule has 1 aromatic carbocycles. The van der Waals surface area contributed by atoms with Crippen LogP contribution >= 0.6 is 0 Å². The molecule has 8 nitrogen and oxygen atoms in total. The Bertz CT molecular complexity index is 799. The molecule has 0 bridgehead atoms. The lowest BCUT2D eigenvalue weighted by molar-refractivity contribution is 0.0930. The predicted octanol–water partition coefficient (Wildman–Crippen LogP) is 0.521. The number of amides is 1. The lowest BCUT2D eigenvalue weighted by Crippen LogP contribution is -2.28. The van der Waals surface area contributed by atoms with Crippen LogP contribution in [-0.4, -0.2) is 42.1 Å². The van der Waals surface area contributed by atoms with Gasteiger partial charge in [-0.2, -0.15) is 0 Å². The molecule has 2 aromatic rings. The van der Waals surface area contributed by atoms with Crippen molar-refractivity contribution < 1.29 is 13.2 Å². The average molecular weight is 351 g/mol. The second kappa shape index (κ2) is 7.54. The van der Waals surface area contributed by atoms with E-state index in [1.807, 2.05) is 6.92 Å². The Hall–Kier alpha value is -2.26. The van der Waals surface area contributed by atoms with E-state index in [4.69, 9.17) is 5.73 Å². The van der Waals surface area contributed by atoms with Crippen molar-refractivity contribution in [2.75, 3.05) is 12.8 Å². The SMILES string of the molecule is CCC(NC(=O)c1cn(CCN)nn1)c1ccc(S(C)(=O)=O)cc1. The van der Waals surface area contributed by atoms with Crippen LogP contribution in [0.2, 0.25) is 0 Å². The maximum absolute atomic E-state index is 12.3. The van der Waals surface area contributed by atoms with Crippen LogP contribution in [0.1, 0.15) is 35.4 Å². The van der Waals surface area contributed by atoms with E-state index < -0.39 is 9.84 Å². The van der Waals surface area contributed by atoms with Gasteiger partial charge in [0.05, 0.1) is 23.7 Å². The molecule has 3 N–H and O–H groups in total. The van der Waals surface area contributed by atoms with Gasteiger partial charge in [-0.1, -0.05) is 24.3 Å². The van der Waals surface area contributed by atoms with Crippen LogP contribution < -0.4 is 11.1 Å². The van der Waals surface area contributed by atoms with Crippen molar-refractivity contribution in [2.24, 2.45) is 5.73 Å². The van der Waals surface area contributed by atoms with Gasteiger partial charge in [-0.3, -0.25) is 9.48 Å². The summed E-state index contributed by atoms with van der Waals surface area (Å²) < 4.78 is 24.5. The topological polar surface area (TPSA) is 120 Å². The number of nitrogens with two attached hydrogens (primary N) is 1. The van der Waals surface area contributed by atoms with E-state index in [0.717, 1.165) is 11.8 Å². The number of sulfone groups is 1. The second-order valence-electron chi connectivity index (χ2n) is 5.43. The van der Waals surface area contributed by atoms with Crippen molar-refractivity contribution in [3.05, 3.63) is 41.7 Å². The van der Waals surface area contributed by atoms with Crippen LogP contribution in [0.5, 0.6) is 0 Å². The van der Waals surface area contributed by atoms with Gasteiger partial charge >= 0.3 is 0 Å². The number of nitrogens with one attached hydrogen (secondary N) is 1. The summed E-state index contributed by atoms with van der Waals surface area (Å²) in [6.45, 7) is 2.83. The Morgan fingerprint density at radius 2 is 2.00 bits per heavy atom. The molecule has 1 aromatic heterocycles. The first-order valence-corrected chi connectivity index (χ1v) is 9.45. The summed E-state index contributed by atoms with van der Waals surface area (Å²) in [4.78, 5) is 12.5. The first-order chi connectivity index (χ1) is 11.3. The van der Waals surface area contributed by atoms with E-state index in [9.17, 15) is 13.2 Å². The first kappa shape index (κ1) is 18.1. The smallest absolute Gasteiger partial charge is 0.273 e. The third-order valence-electron chi connectivity index (χ3n) is 3.55. The summed E-state index contributed by atoms with van der Waals surface area (Å²) in [5.74, 6) is -0.336. The average Bonchev–Trinajstić information content (AvgIpc) is 3.01. The summed E-state index contributed by atoms with van der Waals surface area (Å²) in [5.41, 5.74) is 6.48. The molecule has 1 heterocycles. The molecule has 2 rings (SSSR count). The molecule has 130 valence electrons. The zero-order chi connectivity index (χ0) is 17.7. The molecule has 0 aliphatic carbocycles. The quantitative estimate of drug-likeness (QED) is 0.750. The molecular formula is C15H21N5O3S. The Kier molecular flexibility index (Phi) is 5.68. The Labute approximate surface area is 141 Å². The number of carbonyl (C=O) groups is 1. The van der Waals surface area contributed by atoms with Crippen molar-refractivity contribution in [2.45, 2.75) is 30.8 Å². The van der Waals surface area contributed by atoms with Crippen LogP contribution in [0.3, 0.4) is 0 Å². The summed E-state index contributed by atoms with van der Waals surface area (Å²) in [6.07, 6.45) is 3.36. The van der Waals surface area contributed by atoms with E-state index in [1.165, 1.54) is 16.8 Å². The standard InChI is InChI=1S/C15H21N5O3S/c1-3-13(11-4-6-12(7-5-11)24(2,22)23)17-15(21)14-10-20(9-8-16)19-18-14/h4-7,10,13H,3,8-9,16H2,1-2H3,(H,17,21). The van der Waals surface area contributed by atoms with Crippen LogP contribution in [-0.2, 0) is 16.4 Å². The van der Waals surface area contributed by atoms with E-state index in [1.54, 1.807) is 18.3 Å². The first-order valence-electron chi connectivity index (χ1n) is 7.56. The van der Waals surface area contributed by atoms with Crippen molar-refractivity contribution in [1.82, 2.24) is 20.3 Å². The molecule has 1 unspecified atom stereocenters. The van der Waals surface area contributed by atoms with E-state index in [2.05, 4.69) is 15.6 Å². The van der Waals surface area contributed by atoms with Gasteiger partial charge < -0.3 is 11.1 Å². The van der Waals surface area contributed by atoms with Gasteiger partial charge in [0.2, 0.25) is 0 Å². The third kappa shape index (κ3) is 4.39. The number of benzene rings is 1. The van der Waals surface area contributed by atoms with Gasteiger partial charge in [0.1, 0.15) is 0 Å². The monoisotopic (exact) mass is 351 g/mol. The highest BCUT2D eigenvalue weighted by Crippen LogP contribution is 2.19. The lowest BCUT2D eigenvalue weighted by Gasteiger charge is -2.17. The number of aromatic nitrogens is 3. The van der Waals surface area contributed by atoms with Crippen molar-refractivity contribution in [3.8, 4) is 0 Å². The molecule has 9 heteroatoms. The number of carbonyl (C=O) groups excluding carboxylic acids is 1. The van der Waals surface area contributed by atoms with Gasteiger partial charge in [0.15, 0.2) is 15.5 Å². The number of hydrogen-bond acceptors (Lipinski definition) is 6. The zero-order valence-corrected chi connectivity index (χ0v) is 14.5. The van der Waals surface area contributed by atoms with Gasteiger partial charge in [0.25, 0.3) is 5.91 Å². The number of hydrogen-bond donors (Lipinski definition) is 2. The Morgan fingerprint density at radius 3 is 2.54 bits per heavy atom. The molecule has 0 saturated heterocycles. The molecule has 0 spiro atoms. The molecule has 24 heavy (non-hydrogen) atoms. The third-order valence-corrected chi connectivity index (χ3v) is 4.68. The van der Waals surface area contributed by atoms with E-state index in [-0.39, 0.29) is 22.5 Å². The maximum atomic E-state index is 12.3. The van der Waals surface area contributed by atoms with E-state index >= 15 is 0 Å². The molecule has 0 radical (unpaired) electrons. The van der Waals surface area contributed by atoms with Crippen molar-refractivity contribution >= 4 is 15.7 Å². The minimum absolute atomic E-state index is 0.217. The lowest BCUT2D eigenvalue weighted by atomic mass is 10.0. The highest BCUT2D eigenvalue weighted by molar-refractivity contribution is 7.90. The van der Waals surface area contributed by atoms with Crippen LogP contribution in [0, 0.1) is 0 Å². The fourth-order valence-electron chi connectivity index (χ4n) is 2.24. The fraction of sp³-hybridized carbons (Fsp3) is 0.400. The molecule has 0 aliphatic rings. The van der Waals surface area contributed by atoms with Gasteiger partial charge in [-0.25, -0.2) is 8.42 Å². The minimum Gasteiger partial charge on any atom is -0.344 e. The van der Waals surface area contributed by atoms with Gasteiger partial charge in [-0.05, 0) is 24.1 Å². The molecule has 0 fully saturated rings. The van der Waals surface area contributed by atoms with Crippen LogP contribution in [0.15, 0.2) is 35.4 Å². The minimum atomic E-state index is -3.24. The van der Waals surface area contributed by atoms with Crippen molar-refractivity contribution in [3.63, 3.8) is 0 Å². The number of rotatable bonds is 7. The largest absolute Gasteiger partial charge is 0.344 e. The predicted molar refractivity (Wildman–Crippen MR) is 89.1 cm³/mol. The molecule has 1 atom stereocenters. The molecule has 1 amide bonds. The molecular weight excluding hydrogens is 330 g/mol. The Balaban J connectivity index is 2.12. The highest BCUT2D eigenvalue weighted by Gasteiger charge is 2.17. The summed E-state index contributed by atoms with van der Waals surface area (Å²) in [6, 6.07) is 6.24.